The van der Waals surface area contributed by atoms with E-state index in [0.29, 0.717) is 5.69 Å². The molecule has 1 N–H and O–H groups in total. The second kappa shape index (κ2) is 6.51. The Morgan fingerprint density at radius 1 is 1.20 bits per heavy atom. The lowest BCUT2D eigenvalue weighted by atomic mass is 10.1. The van der Waals surface area contributed by atoms with E-state index in [1.54, 1.807) is 19.0 Å². The fourth-order valence-corrected chi connectivity index (χ4v) is 2.77. The first kappa shape index (κ1) is 16.9. The standard InChI is InChI=1S/C20H23N3O2/c1-13(2)25-17-10-8-16(9-11-17)23-14(3)6-7-15-12-18(21-19(15)23)20(24)22(4)5/h6-13,21H,3H2,1-2,4-5H3. The van der Waals surface area contributed by atoms with Gasteiger partial charge in [0.2, 0.25) is 0 Å². The molecular weight excluding hydrogens is 314 g/mol. The molecule has 0 spiro atoms. The van der Waals surface area contributed by atoms with Gasteiger partial charge in [-0.3, -0.25) is 9.69 Å². The number of nitrogens with zero attached hydrogens (tertiary/aromatic N) is 2. The highest BCUT2D eigenvalue weighted by atomic mass is 16.5. The quantitative estimate of drug-likeness (QED) is 0.910. The minimum Gasteiger partial charge on any atom is -0.491 e. The average molecular weight is 337 g/mol. The lowest BCUT2D eigenvalue weighted by Crippen LogP contribution is -2.22. The molecule has 0 bridgehead atoms. The fraction of sp³-hybridized carbons (Fsp3) is 0.250. The number of ether oxygens (including phenoxy) is 1. The van der Waals surface area contributed by atoms with Crippen LogP contribution < -0.4 is 9.64 Å². The van der Waals surface area contributed by atoms with Gasteiger partial charge in [0.15, 0.2) is 0 Å². The van der Waals surface area contributed by atoms with Crippen LogP contribution in [0.1, 0.15) is 29.9 Å². The van der Waals surface area contributed by atoms with E-state index in [1.165, 1.54) is 0 Å². The number of benzene rings is 1. The maximum atomic E-state index is 12.2. The number of hydrogen-bond donors (Lipinski definition) is 1. The summed E-state index contributed by atoms with van der Waals surface area (Å²) in [6, 6.07) is 9.72. The highest BCUT2D eigenvalue weighted by Crippen LogP contribution is 2.37. The molecule has 1 aliphatic heterocycles. The second-order valence-electron chi connectivity index (χ2n) is 6.51. The number of nitrogens with one attached hydrogen (secondary N) is 1. The molecule has 0 radical (unpaired) electrons. The molecule has 0 aliphatic carbocycles. The van der Waals surface area contributed by atoms with Crippen molar-refractivity contribution in [1.82, 2.24) is 9.88 Å². The predicted octanol–water partition coefficient (Wildman–Crippen LogP) is 4.18. The topological polar surface area (TPSA) is 48.6 Å². The van der Waals surface area contributed by atoms with Gasteiger partial charge in [-0.1, -0.05) is 6.58 Å². The first-order valence-electron chi connectivity index (χ1n) is 8.25. The number of carbonyl (C=O) groups is 1. The summed E-state index contributed by atoms with van der Waals surface area (Å²) >= 11 is 0. The first-order valence-corrected chi connectivity index (χ1v) is 8.25. The zero-order chi connectivity index (χ0) is 18.1. The molecule has 0 fully saturated rings. The Kier molecular flexibility index (Phi) is 4.40. The van der Waals surface area contributed by atoms with Crippen LogP contribution in [0.15, 0.2) is 48.7 Å². The van der Waals surface area contributed by atoms with Crippen molar-refractivity contribution in [3.8, 4) is 5.75 Å². The molecule has 0 saturated heterocycles. The van der Waals surface area contributed by atoms with Crippen molar-refractivity contribution >= 4 is 23.5 Å². The van der Waals surface area contributed by atoms with Gasteiger partial charge in [-0.2, -0.15) is 0 Å². The van der Waals surface area contributed by atoms with Gasteiger partial charge in [0.25, 0.3) is 5.91 Å². The number of allylic oxidation sites excluding steroid dienone is 1. The third-order valence-corrected chi connectivity index (χ3v) is 3.90. The number of aromatic nitrogens is 1. The molecule has 25 heavy (non-hydrogen) atoms. The molecule has 1 aliphatic rings. The van der Waals surface area contributed by atoms with E-state index in [1.807, 2.05) is 61.2 Å². The predicted molar refractivity (Wildman–Crippen MR) is 101 cm³/mol. The maximum Gasteiger partial charge on any atom is 0.269 e. The van der Waals surface area contributed by atoms with Crippen LogP contribution in [-0.4, -0.2) is 36.0 Å². The number of carbonyl (C=O) groups excluding carboxylic acids is 1. The maximum absolute atomic E-state index is 12.2. The number of H-pyrrole nitrogens is 1. The number of anilines is 2. The van der Waals surface area contributed by atoms with E-state index in [4.69, 9.17) is 4.74 Å². The molecule has 0 atom stereocenters. The van der Waals surface area contributed by atoms with E-state index < -0.39 is 0 Å². The van der Waals surface area contributed by atoms with Gasteiger partial charge in [0.1, 0.15) is 17.3 Å². The third-order valence-electron chi connectivity index (χ3n) is 3.90. The van der Waals surface area contributed by atoms with E-state index in [2.05, 4.69) is 11.6 Å². The van der Waals surface area contributed by atoms with Crippen molar-refractivity contribution in [3.63, 3.8) is 0 Å². The van der Waals surface area contributed by atoms with Crippen molar-refractivity contribution in [2.75, 3.05) is 19.0 Å². The Morgan fingerprint density at radius 3 is 2.48 bits per heavy atom. The van der Waals surface area contributed by atoms with Gasteiger partial charge in [-0.15, -0.1) is 0 Å². The summed E-state index contributed by atoms with van der Waals surface area (Å²) in [5, 5.41) is 0. The molecule has 5 nitrogen and oxygen atoms in total. The van der Waals surface area contributed by atoms with Crippen LogP contribution in [0.3, 0.4) is 0 Å². The monoisotopic (exact) mass is 337 g/mol. The summed E-state index contributed by atoms with van der Waals surface area (Å²) in [5.74, 6) is 1.61. The van der Waals surface area contributed by atoms with Crippen LogP contribution in [0, 0.1) is 0 Å². The number of aromatic amines is 1. The molecule has 0 saturated carbocycles. The van der Waals surface area contributed by atoms with Crippen LogP contribution in [0.4, 0.5) is 11.5 Å². The molecule has 0 unspecified atom stereocenters. The highest BCUT2D eigenvalue weighted by Gasteiger charge is 2.23. The van der Waals surface area contributed by atoms with Crippen LogP contribution in [0.5, 0.6) is 5.75 Å². The molecule has 3 rings (SSSR count). The Bertz CT molecular complexity index is 829. The van der Waals surface area contributed by atoms with Crippen LogP contribution in [0.2, 0.25) is 0 Å². The van der Waals surface area contributed by atoms with Crippen LogP contribution in [0.25, 0.3) is 6.08 Å². The van der Waals surface area contributed by atoms with E-state index in [-0.39, 0.29) is 12.0 Å². The first-order chi connectivity index (χ1) is 11.9. The van der Waals surface area contributed by atoms with Gasteiger partial charge >= 0.3 is 0 Å². The van der Waals surface area contributed by atoms with Crippen molar-refractivity contribution < 1.29 is 9.53 Å². The van der Waals surface area contributed by atoms with Gasteiger partial charge in [-0.25, -0.2) is 0 Å². The van der Waals surface area contributed by atoms with E-state index in [9.17, 15) is 4.79 Å². The van der Waals surface area contributed by atoms with Gasteiger partial charge < -0.3 is 14.6 Å². The largest absolute Gasteiger partial charge is 0.491 e. The lowest BCUT2D eigenvalue weighted by molar-refractivity contribution is 0.0822. The van der Waals surface area contributed by atoms with Crippen molar-refractivity contribution in [2.45, 2.75) is 20.0 Å². The Hall–Kier alpha value is -2.95. The molecule has 1 aromatic heterocycles. The van der Waals surface area contributed by atoms with Crippen molar-refractivity contribution in [3.05, 3.63) is 59.9 Å². The summed E-state index contributed by atoms with van der Waals surface area (Å²) in [7, 11) is 3.48. The number of hydrogen-bond acceptors (Lipinski definition) is 3. The Labute approximate surface area is 148 Å². The van der Waals surface area contributed by atoms with E-state index in [0.717, 1.165) is 28.5 Å². The summed E-state index contributed by atoms with van der Waals surface area (Å²) in [5.41, 5.74) is 3.30. The number of fused-ring (bicyclic) bond motifs is 1. The number of rotatable bonds is 4. The summed E-state index contributed by atoms with van der Waals surface area (Å²) in [6.07, 6.45) is 4.04. The van der Waals surface area contributed by atoms with Crippen LogP contribution >= 0.6 is 0 Å². The van der Waals surface area contributed by atoms with Gasteiger partial charge in [0.05, 0.1) is 6.10 Å². The zero-order valence-electron chi connectivity index (χ0n) is 15.0. The average Bonchev–Trinajstić information content (AvgIpc) is 2.98. The highest BCUT2D eigenvalue weighted by molar-refractivity contribution is 5.95. The molecule has 5 heteroatoms. The summed E-state index contributed by atoms with van der Waals surface area (Å²) in [4.78, 5) is 19.0. The summed E-state index contributed by atoms with van der Waals surface area (Å²) in [6.45, 7) is 8.12. The minimum absolute atomic E-state index is 0.0611. The molecule has 1 amide bonds. The molecular formula is C20H23N3O2. The van der Waals surface area contributed by atoms with Gasteiger partial charge in [-0.05, 0) is 56.3 Å². The number of amides is 1. The zero-order valence-corrected chi connectivity index (χ0v) is 15.0. The Morgan fingerprint density at radius 2 is 1.88 bits per heavy atom. The van der Waals surface area contributed by atoms with Crippen LogP contribution in [-0.2, 0) is 0 Å². The molecule has 1 aromatic carbocycles. The van der Waals surface area contributed by atoms with Gasteiger partial charge in [0, 0.05) is 31.0 Å². The molecule has 2 aromatic rings. The SMILES string of the molecule is C=C1C=Cc2cc(C(=O)N(C)C)[nH]c2N1c1ccc(OC(C)C)cc1. The molecule has 130 valence electrons. The second-order valence-corrected chi connectivity index (χ2v) is 6.51. The summed E-state index contributed by atoms with van der Waals surface area (Å²) < 4.78 is 5.70. The van der Waals surface area contributed by atoms with E-state index >= 15 is 0 Å². The normalized spacial score (nSPS) is 13.2. The molecule has 2 heterocycles. The fourth-order valence-electron chi connectivity index (χ4n) is 2.77. The van der Waals surface area contributed by atoms with Crippen molar-refractivity contribution in [2.24, 2.45) is 0 Å². The smallest absolute Gasteiger partial charge is 0.269 e. The Balaban J connectivity index is 1.96. The lowest BCUT2D eigenvalue weighted by Gasteiger charge is -2.27. The minimum atomic E-state index is -0.0611. The van der Waals surface area contributed by atoms with Crippen molar-refractivity contribution in [1.29, 1.82) is 0 Å². The third kappa shape index (κ3) is 3.31.